The summed E-state index contributed by atoms with van der Waals surface area (Å²) in [5.41, 5.74) is 0.367. The number of hydrogen-bond donors (Lipinski definition) is 0. The third-order valence-electron chi connectivity index (χ3n) is 1.42. The first kappa shape index (κ1) is 6.09. The van der Waals surface area contributed by atoms with Gasteiger partial charge in [0.1, 0.15) is 6.33 Å². The fourth-order valence-corrected chi connectivity index (χ4v) is 0.837. The summed E-state index contributed by atoms with van der Waals surface area (Å²) >= 11 is 0. The van der Waals surface area contributed by atoms with Crippen LogP contribution in [0.3, 0.4) is 0 Å². The van der Waals surface area contributed by atoms with Crippen molar-refractivity contribution in [2.75, 3.05) is 0 Å². The van der Waals surface area contributed by atoms with Gasteiger partial charge in [0.25, 0.3) is 11.3 Å². The van der Waals surface area contributed by atoms with Gasteiger partial charge in [0, 0.05) is 7.05 Å². The summed E-state index contributed by atoms with van der Waals surface area (Å²) in [6, 6.07) is 0. The Balaban J connectivity index is 3.05. The smallest absolute Gasteiger partial charge is 0.283 e. The van der Waals surface area contributed by atoms with Gasteiger partial charge in [0.2, 0.25) is 0 Å². The maximum Gasteiger partial charge on any atom is 0.283 e. The van der Waals surface area contributed by atoms with Crippen LogP contribution in [0.15, 0.2) is 21.9 Å². The molecule has 56 valence electrons. The van der Waals surface area contributed by atoms with E-state index in [0.29, 0.717) is 0 Å². The first-order chi connectivity index (χ1) is 5.29. The number of nitrogens with zero attached hydrogens (tertiary/aromatic N) is 3. The Hall–Kier alpha value is -1.65. The molecule has 0 aliphatic heterocycles. The minimum atomic E-state index is -0.191. The summed E-state index contributed by atoms with van der Waals surface area (Å²) in [5.74, 6) is 0. The third kappa shape index (κ3) is 0.739. The SMILES string of the molecule is Cn1cnc2ocnc2c1=O. The van der Waals surface area contributed by atoms with Crippen LogP contribution in [-0.2, 0) is 7.05 Å². The number of aryl methyl sites for hydroxylation is 1. The van der Waals surface area contributed by atoms with Crippen molar-refractivity contribution in [3.8, 4) is 0 Å². The maximum atomic E-state index is 11.2. The third-order valence-corrected chi connectivity index (χ3v) is 1.42. The highest BCUT2D eigenvalue weighted by molar-refractivity contribution is 5.65. The van der Waals surface area contributed by atoms with E-state index in [4.69, 9.17) is 4.42 Å². The van der Waals surface area contributed by atoms with Crippen LogP contribution in [0.5, 0.6) is 0 Å². The number of fused-ring (bicyclic) bond motifs is 1. The lowest BCUT2D eigenvalue weighted by atomic mass is 10.5. The van der Waals surface area contributed by atoms with E-state index in [1.54, 1.807) is 7.05 Å². The van der Waals surface area contributed by atoms with Crippen LogP contribution in [0.1, 0.15) is 0 Å². The normalized spacial score (nSPS) is 10.6. The minimum Gasteiger partial charge on any atom is -0.425 e. The number of rotatable bonds is 0. The number of hydrogen-bond acceptors (Lipinski definition) is 4. The van der Waals surface area contributed by atoms with Gasteiger partial charge in [-0.1, -0.05) is 0 Å². The van der Waals surface area contributed by atoms with Crippen LogP contribution in [0.4, 0.5) is 0 Å². The van der Waals surface area contributed by atoms with E-state index in [1.807, 2.05) is 0 Å². The van der Waals surface area contributed by atoms with Gasteiger partial charge in [0.15, 0.2) is 11.9 Å². The van der Waals surface area contributed by atoms with E-state index >= 15 is 0 Å². The van der Waals surface area contributed by atoms with Gasteiger partial charge in [0.05, 0.1) is 0 Å². The topological polar surface area (TPSA) is 60.9 Å². The Morgan fingerprint density at radius 3 is 3.18 bits per heavy atom. The molecule has 0 unspecified atom stereocenters. The largest absolute Gasteiger partial charge is 0.425 e. The zero-order valence-corrected chi connectivity index (χ0v) is 5.81. The molecule has 0 aliphatic carbocycles. The Labute approximate surface area is 61.3 Å². The molecule has 0 saturated heterocycles. The molecule has 5 nitrogen and oxygen atoms in total. The molecule has 5 heteroatoms. The second kappa shape index (κ2) is 1.91. The molecule has 2 aromatic rings. The van der Waals surface area contributed by atoms with Gasteiger partial charge < -0.3 is 8.98 Å². The molecule has 0 aromatic carbocycles. The summed E-state index contributed by atoms with van der Waals surface area (Å²) in [7, 11) is 1.61. The zero-order chi connectivity index (χ0) is 7.84. The van der Waals surface area contributed by atoms with Gasteiger partial charge in [-0.15, -0.1) is 0 Å². The summed E-state index contributed by atoms with van der Waals surface area (Å²) in [6.07, 6.45) is 2.61. The maximum absolute atomic E-state index is 11.2. The average Bonchev–Trinajstić information content (AvgIpc) is 2.45. The van der Waals surface area contributed by atoms with Crippen molar-refractivity contribution in [1.29, 1.82) is 0 Å². The summed E-state index contributed by atoms with van der Waals surface area (Å²) < 4.78 is 6.17. The van der Waals surface area contributed by atoms with Crippen molar-refractivity contribution in [1.82, 2.24) is 14.5 Å². The molecule has 11 heavy (non-hydrogen) atoms. The van der Waals surface area contributed by atoms with Crippen molar-refractivity contribution >= 4 is 11.2 Å². The first-order valence-corrected chi connectivity index (χ1v) is 3.04. The molecule has 0 spiro atoms. The van der Waals surface area contributed by atoms with Gasteiger partial charge >= 0.3 is 0 Å². The molecule has 0 fully saturated rings. The minimum absolute atomic E-state index is 0.191. The van der Waals surface area contributed by atoms with Crippen LogP contribution in [0.25, 0.3) is 11.2 Å². The van der Waals surface area contributed by atoms with Gasteiger partial charge in [-0.25, -0.2) is 9.97 Å². The zero-order valence-electron chi connectivity index (χ0n) is 5.81. The highest BCUT2D eigenvalue weighted by atomic mass is 16.3. The standard InChI is InChI=1S/C6H5N3O2/c1-9-2-7-5-4(6(9)10)8-3-11-5/h2-3H,1H3. The molecule has 2 rings (SSSR count). The highest BCUT2D eigenvalue weighted by Crippen LogP contribution is 2.00. The predicted octanol–water partition coefficient (Wildman–Crippen LogP) is -0.0785. The van der Waals surface area contributed by atoms with Crippen LogP contribution >= 0.6 is 0 Å². The molecule has 2 heterocycles. The Morgan fingerprint density at radius 2 is 2.36 bits per heavy atom. The van der Waals surface area contributed by atoms with Gasteiger partial charge in [-0.2, -0.15) is 0 Å². The van der Waals surface area contributed by atoms with E-state index in [9.17, 15) is 4.79 Å². The van der Waals surface area contributed by atoms with Crippen molar-refractivity contribution < 1.29 is 4.42 Å². The molecule has 0 bridgehead atoms. The Kier molecular flexibility index (Phi) is 1.06. The average molecular weight is 151 g/mol. The van der Waals surface area contributed by atoms with Crippen LogP contribution in [-0.4, -0.2) is 14.5 Å². The van der Waals surface area contributed by atoms with E-state index in [1.165, 1.54) is 17.3 Å². The number of aromatic nitrogens is 3. The molecule has 0 aliphatic rings. The fourth-order valence-electron chi connectivity index (χ4n) is 0.837. The van der Waals surface area contributed by atoms with Gasteiger partial charge in [-0.3, -0.25) is 4.79 Å². The summed E-state index contributed by atoms with van der Waals surface area (Å²) in [5, 5.41) is 0. The molecular weight excluding hydrogens is 146 g/mol. The molecule has 0 atom stereocenters. The molecule has 0 N–H and O–H groups in total. The van der Waals surface area contributed by atoms with Crippen LogP contribution < -0.4 is 5.56 Å². The fraction of sp³-hybridized carbons (Fsp3) is 0.167. The molecule has 0 amide bonds. The first-order valence-electron chi connectivity index (χ1n) is 3.04. The van der Waals surface area contributed by atoms with Crippen LogP contribution in [0, 0.1) is 0 Å². The van der Waals surface area contributed by atoms with E-state index in [2.05, 4.69) is 9.97 Å². The van der Waals surface area contributed by atoms with Crippen molar-refractivity contribution in [3.05, 3.63) is 23.1 Å². The lowest BCUT2D eigenvalue weighted by Crippen LogP contribution is -2.16. The monoisotopic (exact) mass is 151 g/mol. The second-order valence-corrected chi connectivity index (χ2v) is 2.17. The highest BCUT2D eigenvalue weighted by Gasteiger charge is 2.03. The molecule has 2 aromatic heterocycles. The Bertz CT molecular complexity index is 442. The second-order valence-electron chi connectivity index (χ2n) is 2.17. The molecule has 0 saturated carbocycles. The number of oxazole rings is 1. The van der Waals surface area contributed by atoms with Crippen molar-refractivity contribution in [2.45, 2.75) is 0 Å². The lowest BCUT2D eigenvalue weighted by Gasteiger charge is -1.91. The quantitative estimate of drug-likeness (QED) is 0.528. The van der Waals surface area contributed by atoms with Crippen molar-refractivity contribution in [3.63, 3.8) is 0 Å². The summed E-state index contributed by atoms with van der Waals surface area (Å²) in [4.78, 5) is 18.7. The van der Waals surface area contributed by atoms with Gasteiger partial charge in [-0.05, 0) is 0 Å². The predicted molar refractivity (Wildman–Crippen MR) is 37.0 cm³/mol. The van der Waals surface area contributed by atoms with E-state index < -0.39 is 0 Å². The van der Waals surface area contributed by atoms with E-state index in [-0.39, 0.29) is 16.8 Å². The van der Waals surface area contributed by atoms with Crippen molar-refractivity contribution in [2.24, 2.45) is 7.05 Å². The summed E-state index contributed by atoms with van der Waals surface area (Å²) in [6.45, 7) is 0. The van der Waals surface area contributed by atoms with E-state index in [0.717, 1.165) is 0 Å². The van der Waals surface area contributed by atoms with Crippen LogP contribution in [0.2, 0.25) is 0 Å². The Morgan fingerprint density at radius 1 is 1.55 bits per heavy atom. The molecular formula is C6H5N3O2. The lowest BCUT2D eigenvalue weighted by molar-refractivity contribution is 0.588. The molecule has 0 radical (unpaired) electrons.